The lowest BCUT2D eigenvalue weighted by Gasteiger charge is -2.16. The molecular formula is C25H23NO5. The van der Waals surface area contributed by atoms with Gasteiger partial charge in [-0.3, -0.25) is 9.59 Å². The van der Waals surface area contributed by atoms with Gasteiger partial charge in [0.15, 0.2) is 18.5 Å². The highest BCUT2D eigenvalue weighted by molar-refractivity contribution is 5.98. The molecule has 0 bridgehead atoms. The molecule has 1 N–H and O–H groups in total. The summed E-state index contributed by atoms with van der Waals surface area (Å²) in [5.74, 6) is -0.743. The highest BCUT2D eigenvalue weighted by atomic mass is 16.6. The fourth-order valence-electron chi connectivity index (χ4n) is 2.91. The molecule has 1 atom stereocenters. The normalized spacial score (nSPS) is 11.3. The maximum atomic E-state index is 12.5. The maximum Gasteiger partial charge on any atom is 0.344 e. The molecule has 0 saturated carbocycles. The monoisotopic (exact) mass is 417 g/mol. The molecule has 0 unspecified atom stereocenters. The average Bonchev–Trinajstić information content (AvgIpc) is 2.79. The number of rotatable bonds is 8. The minimum atomic E-state index is -1.000. The fourth-order valence-corrected chi connectivity index (χ4v) is 2.91. The molecule has 3 aromatic carbocycles. The first-order valence-electron chi connectivity index (χ1n) is 9.82. The second-order valence-corrected chi connectivity index (χ2v) is 6.90. The van der Waals surface area contributed by atoms with Gasteiger partial charge in [0.2, 0.25) is 0 Å². The Morgan fingerprint density at radius 2 is 1.52 bits per heavy atom. The Kier molecular flexibility index (Phi) is 7.17. The molecule has 0 aliphatic carbocycles. The average molecular weight is 417 g/mol. The molecule has 6 nitrogen and oxygen atoms in total. The molecule has 0 aliphatic rings. The second kappa shape index (κ2) is 10.2. The smallest absolute Gasteiger partial charge is 0.344 e. The first-order valence-corrected chi connectivity index (χ1v) is 9.82. The molecular weight excluding hydrogens is 394 g/mol. The number of Topliss-reactive ketones (excluding diaryl/α,β-unsaturated/α-hetero) is 1. The number of esters is 1. The molecule has 1 amide bonds. The van der Waals surface area contributed by atoms with Crippen LogP contribution in [-0.4, -0.2) is 30.4 Å². The Morgan fingerprint density at radius 1 is 0.871 bits per heavy atom. The first-order chi connectivity index (χ1) is 14.9. The first kappa shape index (κ1) is 21.8. The van der Waals surface area contributed by atoms with Crippen molar-refractivity contribution in [1.82, 2.24) is 0 Å². The van der Waals surface area contributed by atoms with Crippen molar-refractivity contribution in [1.29, 1.82) is 0 Å². The number of hydrogen-bond acceptors (Lipinski definition) is 5. The topological polar surface area (TPSA) is 81.7 Å². The summed E-state index contributed by atoms with van der Waals surface area (Å²) in [5.41, 5.74) is 3.01. The number of carbonyl (C=O) groups excluding carboxylic acids is 3. The zero-order chi connectivity index (χ0) is 22.2. The largest absolute Gasteiger partial charge is 0.482 e. The number of benzene rings is 3. The van der Waals surface area contributed by atoms with Crippen molar-refractivity contribution in [3.63, 3.8) is 0 Å². The molecule has 0 spiro atoms. The summed E-state index contributed by atoms with van der Waals surface area (Å²) in [6.07, 6.45) is -1.000. The van der Waals surface area contributed by atoms with Crippen LogP contribution in [0, 0.1) is 0 Å². The van der Waals surface area contributed by atoms with E-state index in [0.717, 1.165) is 11.1 Å². The van der Waals surface area contributed by atoms with Gasteiger partial charge in [0.05, 0.1) is 0 Å². The van der Waals surface area contributed by atoms with Gasteiger partial charge in [-0.05, 0) is 49.7 Å². The van der Waals surface area contributed by atoms with E-state index in [1.165, 1.54) is 13.8 Å². The van der Waals surface area contributed by atoms with Crippen LogP contribution in [0.3, 0.4) is 0 Å². The number of ketones is 1. The van der Waals surface area contributed by atoms with E-state index in [-0.39, 0.29) is 12.4 Å². The summed E-state index contributed by atoms with van der Waals surface area (Å²) in [6.45, 7) is 2.62. The van der Waals surface area contributed by atoms with Gasteiger partial charge in [-0.1, -0.05) is 48.5 Å². The summed E-state index contributed by atoms with van der Waals surface area (Å²) in [6, 6.07) is 23.5. The number of carbonyl (C=O) groups is 3. The lowest BCUT2D eigenvalue weighted by atomic mass is 10.0. The molecule has 0 aliphatic heterocycles. The predicted molar refractivity (Wildman–Crippen MR) is 118 cm³/mol. The summed E-state index contributed by atoms with van der Waals surface area (Å²) in [4.78, 5) is 35.9. The van der Waals surface area contributed by atoms with E-state index < -0.39 is 18.0 Å². The van der Waals surface area contributed by atoms with Gasteiger partial charge >= 0.3 is 5.97 Å². The third-order valence-electron chi connectivity index (χ3n) is 4.56. The molecule has 3 rings (SSSR count). The fraction of sp³-hybridized carbons (Fsp3) is 0.160. The predicted octanol–water partition coefficient (Wildman–Crippen LogP) is 4.51. The Hall–Kier alpha value is -3.93. The van der Waals surface area contributed by atoms with Crippen molar-refractivity contribution in [3.8, 4) is 16.9 Å². The summed E-state index contributed by atoms with van der Waals surface area (Å²) >= 11 is 0. The molecule has 0 fully saturated rings. The maximum absolute atomic E-state index is 12.5. The summed E-state index contributed by atoms with van der Waals surface area (Å²) in [5, 5.41) is 2.82. The molecule has 0 aromatic heterocycles. The number of ether oxygens (including phenoxy) is 2. The summed E-state index contributed by atoms with van der Waals surface area (Å²) < 4.78 is 10.5. The Bertz CT molecular complexity index is 1060. The van der Waals surface area contributed by atoms with Crippen molar-refractivity contribution in [3.05, 3.63) is 84.4 Å². The third kappa shape index (κ3) is 6.02. The number of amides is 1. The molecule has 0 radical (unpaired) electrons. The zero-order valence-corrected chi connectivity index (χ0v) is 17.3. The van der Waals surface area contributed by atoms with E-state index in [1.54, 1.807) is 30.3 Å². The molecule has 158 valence electrons. The van der Waals surface area contributed by atoms with Crippen LogP contribution in [0.1, 0.15) is 24.2 Å². The van der Waals surface area contributed by atoms with Crippen LogP contribution >= 0.6 is 0 Å². The number of para-hydroxylation sites is 1. The van der Waals surface area contributed by atoms with Crippen molar-refractivity contribution >= 4 is 23.3 Å². The van der Waals surface area contributed by atoms with Gasteiger partial charge in [-0.2, -0.15) is 0 Å². The molecule has 31 heavy (non-hydrogen) atoms. The van der Waals surface area contributed by atoms with Crippen LogP contribution in [0.15, 0.2) is 78.9 Å². The lowest BCUT2D eigenvalue weighted by molar-refractivity contribution is -0.155. The van der Waals surface area contributed by atoms with Gasteiger partial charge in [-0.15, -0.1) is 0 Å². The van der Waals surface area contributed by atoms with E-state index in [4.69, 9.17) is 9.47 Å². The van der Waals surface area contributed by atoms with E-state index in [9.17, 15) is 14.4 Å². The van der Waals surface area contributed by atoms with Crippen LogP contribution in [-0.2, 0) is 14.3 Å². The Labute approximate surface area is 180 Å². The SMILES string of the molecule is CC(=O)c1ccc(OCC(=O)O[C@H](C)C(=O)Nc2ccccc2-c2ccccc2)cc1. The van der Waals surface area contributed by atoms with E-state index in [1.807, 2.05) is 48.5 Å². The third-order valence-corrected chi connectivity index (χ3v) is 4.56. The molecule has 6 heteroatoms. The summed E-state index contributed by atoms with van der Waals surface area (Å²) in [7, 11) is 0. The van der Waals surface area contributed by atoms with Crippen LogP contribution < -0.4 is 10.1 Å². The molecule has 3 aromatic rings. The van der Waals surface area contributed by atoms with Crippen LogP contribution in [0.4, 0.5) is 5.69 Å². The quantitative estimate of drug-likeness (QED) is 0.431. The van der Waals surface area contributed by atoms with E-state index in [2.05, 4.69) is 5.32 Å². The van der Waals surface area contributed by atoms with Crippen molar-refractivity contribution in [2.75, 3.05) is 11.9 Å². The number of hydrogen-bond donors (Lipinski definition) is 1. The molecule has 0 heterocycles. The highest BCUT2D eigenvalue weighted by Crippen LogP contribution is 2.27. The van der Waals surface area contributed by atoms with Gasteiger partial charge in [-0.25, -0.2) is 4.79 Å². The van der Waals surface area contributed by atoms with Crippen LogP contribution in [0.25, 0.3) is 11.1 Å². The van der Waals surface area contributed by atoms with Crippen molar-refractivity contribution < 1.29 is 23.9 Å². The van der Waals surface area contributed by atoms with Gasteiger partial charge in [0.25, 0.3) is 5.91 Å². The van der Waals surface area contributed by atoms with Gasteiger partial charge < -0.3 is 14.8 Å². The minimum Gasteiger partial charge on any atom is -0.482 e. The van der Waals surface area contributed by atoms with E-state index >= 15 is 0 Å². The minimum absolute atomic E-state index is 0.0559. The van der Waals surface area contributed by atoms with Gasteiger partial charge in [0, 0.05) is 16.8 Å². The van der Waals surface area contributed by atoms with Crippen molar-refractivity contribution in [2.45, 2.75) is 20.0 Å². The Balaban J connectivity index is 1.55. The van der Waals surface area contributed by atoms with Crippen LogP contribution in [0.5, 0.6) is 5.75 Å². The Morgan fingerprint density at radius 3 is 2.19 bits per heavy atom. The number of anilines is 1. The van der Waals surface area contributed by atoms with E-state index in [0.29, 0.717) is 17.0 Å². The van der Waals surface area contributed by atoms with Crippen LogP contribution in [0.2, 0.25) is 0 Å². The molecule has 0 saturated heterocycles. The van der Waals surface area contributed by atoms with Gasteiger partial charge in [0.1, 0.15) is 5.75 Å². The second-order valence-electron chi connectivity index (χ2n) is 6.90. The van der Waals surface area contributed by atoms with Crippen molar-refractivity contribution in [2.24, 2.45) is 0 Å². The number of nitrogens with one attached hydrogen (secondary N) is 1. The zero-order valence-electron chi connectivity index (χ0n) is 17.3. The lowest BCUT2D eigenvalue weighted by Crippen LogP contribution is -2.31. The highest BCUT2D eigenvalue weighted by Gasteiger charge is 2.19. The standard InChI is InChI=1S/C25H23NO5/c1-17(27)19-12-14-21(15-13-19)30-16-24(28)31-18(2)25(29)26-23-11-7-6-10-22(23)20-8-4-3-5-9-20/h3-15,18H,16H2,1-2H3,(H,26,29)/t18-/m1/s1.